The summed E-state index contributed by atoms with van der Waals surface area (Å²) in [6, 6.07) is 39.1. The second-order valence-electron chi connectivity index (χ2n) is 12.7. The first-order valence-corrected chi connectivity index (χ1v) is 15.1. The molecule has 0 radical (unpaired) electrons. The predicted molar refractivity (Wildman–Crippen MR) is 180 cm³/mol. The lowest BCUT2D eigenvalue weighted by atomic mass is 9.86. The summed E-state index contributed by atoms with van der Waals surface area (Å²) in [4.78, 5) is 0. The highest BCUT2D eigenvalue weighted by Crippen LogP contribution is 2.42. The first kappa shape index (κ1) is 27.8. The molecule has 5 aromatic carbocycles. The zero-order valence-electron chi connectivity index (χ0n) is 25.8. The van der Waals surface area contributed by atoms with Gasteiger partial charge in [0.2, 0.25) is 5.69 Å². The molecule has 0 amide bonds. The Morgan fingerprint density at radius 1 is 0.591 bits per heavy atom. The van der Waals surface area contributed by atoms with Crippen molar-refractivity contribution in [2.45, 2.75) is 33.1 Å². The van der Waals surface area contributed by atoms with E-state index in [-0.39, 0.29) is 11.2 Å². The topological polar surface area (TPSA) is 17.0 Å². The summed E-state index contributed by atoms with van der Waals surface area (Å²) in [6.45, 7) is 8.76. The largest absolute Gasteiger partial charge is 0.454 e. The van der Waals surface area contributed by atoms with Gasteiger partial charge in [0.15, 0.2) is 6.20 Å². The van der Waals surface area contributed by atoms with E-state index in [9.17, 15) is 0 Å². The van der Waals surface area contributed by atoms with Crippen LogP contribution in [0.5, 0.6) is 0 Å². The lowest BCUT2D eigenvalue weighted by molar-refractivity contribution is -0.660. The quantitative estimate of drug-likeness (QED) is 0.191. The van der Waals surface area contributed by atoms with Gasteiger partial charge in [-0.15, -0.1) is 0 Å². The number of hydrogen-bond acceptors (Lipinski definition) is 1. The molecule has 0 atom stereocenters. The van der Waals surface area contributed by atoms with Gasteiger partial charge in [-0.25, -0.2) is 8.96 Å². The molecule has 0 N–H and O–H groups in total. The van der Waals surface area contributed by atoms with Gasteiger partial charge >= 0.3 is 0 Å². The van der Waals surface area contributed by atoms with Crippen LogP contribution in [0.1, 0.15) is 31.9 Å². The van der Waals surface area contributed by atoms with Crippen molar-refractivity contribution in [3.05, 3.63) is 138 Å². The van der Waals surface area contributed by atoms with Crippen molar-refractivity contribution in [1.82, 2.24) is 0 Å². The van der Waals surface area contributed by atoms with Crippen molar-refractivity contribution >= 4 is 21.9 Å². The minimum atomic E-state index is -0.297. The number of aromatic nitrogens is 1. The van der Waals surface area contributed by atoms with Crippen LogP contribution in [0.25, 0.3) is 66.6 Å². The van der Waals surface area contributed by atoms with Gasteiger partial charge in [-0.3, -0.25) is 0 Å². The van der Waals surface area contributed by atoms with Crippen LogP contribution in [0.15, 0.2) is 126 Å². The standard InChI is InChI=1S/C41H35FNO/c1-26-11-20-33-34-21-22-35(42)38(30-14-12-28(13-15-30)29-16-18-32(19-17-29)41(2,3)4)40(34)44-39(33)37(26)36-25-31(23-24-43(36)5)27-9-7-6-8-10-27/h6-25H,1-5H3/q+1. The van der Waals surface area contributed by atoms with Gasteiger partial charge in [0, 0.05) is 22.9 Å². The molecule has 216 valence electrons. The number of hydrogen-bond donors (Lipinski definition) is 0. The zero-order valence-corrected chi connectivity index (χ0v) is 25.8. The minimum Gasteiger partial charge on any atom is -0.454 e. The van der Waals surface area contributed by atoms with Gasteiger partial charge in [-0.2, -0.15) is 0 Å². The summed E-state index contributed by atoms with van der Waals surface area (Å²) < 4.78 is 24.5. The van der Waals surface area contributed by atoms with E-state index in [0.29, 0.717) is 11.1 Å². The maximum absolute atomic E-state index is 15.7. The van der Waals surface area contributed by atoms with Crippen LogP contribution in [0.3, 0.4) is 0 Å². The average molecular weight is 577 g/mol. The normalized spacial score (nSPS) is 11.9. The molecular formula is C41H35FNO+. The summed E-state index contributed by atoms with van der Waals surface area (Å²) in [5.41, 5.74) is 11.7. The Labute approximate surface area is 258 Å². The number of fused-ring (bicyclic) bond motifs is 3. The minimum absolute atomic E-state index is 0.103. The van der Waals surface area contributed by atoms with E-state index in [1.54, 1.807) is 6.07 Å². The van der Waals surface area contributed by atoms with Crippen LogP contribution in [-0.4, -0.2) is 0 Å². The molecule has 0 saturated heterocycles. The number of furan rings is 1. The number of halogens is 1. The number of nitrogens with zero attached hydrogens (tertiary/aromatic N) is 1. The molecule has 0 fully saturated rings. The van der Waals surface area contributed by atoms with E-state index < -0.39 is 0 Å². The van der Waals surface area contributed by atoms with Crippen LogP contribution in [0.4, 0.5) is 4.39 Å². The Bertz CT molecular complexity index is 2150. The maximum Gasteiger partial charge on any atom is 0.216 e. The fourth-order valence-corrected chi connectivity index (χ4v) is 6.19. The number of aryl methyl sites for hydroxylation is 2. The number of rotatable bonds is 4. The third-order valence-electron chi connectivity index (χ3n) is 8.74. The van der Waals surface area contributed by atoms with Gasteiger partial charge in [0.1, 0.15) is 24.0 Å². The SMILES string of the molecule is Cc1ccc2c(oc3c(-c4ccc(-c5ccc(C(C)(C)C)cc5)cc4)c(F)ccc32)c1-c1cc(-c2ccccc2)cc[n+]1C. The second-order valence-corrected chi connectivity index (χ2v) is 12.7. The summed E-state index contributed by atoms with van der Waals surface area (Å²) in [6.07, 6.45) is 2.09. The van der Waals surface area contributed by atoms with Crippen LogP contribution in [-0.2, 0) is 12.5 Å². The van der Waals surface area contributed by atoms with E-state index in [4.69, 9.17) is 4.42 Å². The second kappa shape index (κ2) is 10.6. The summed E-state index contributed by atoms with van der Waals surface area (Å²) in [7, 11) is 2.05. The van der Waals surface area contributed by atoms with Crippen LogP contribution in [0, 0.1) is 12.7 Å². The molecule has 3 heteroatoms. The van der Waals surface area contributed by atoms with Gasteiger partial charge in [-0.05, 0) is 63.4 Å². The molecule has 0 aliphatic rings. The lowest BCUT2D eigenvalue weighted by Gasteiger charge is -2.19. The van der Waals surface area contributed by atoms with Crippen molar-refractivity contribution in [2.75, 3.05) is 0 Å². The number of pyridine rings is 1. The molecule has 0 aliphatic carbocycles. The first-order chi connectivity index (χ1) is 21.2. The molecule has 44 heavy (non-hydrogen) atoms. The van der Waals surface area contributed by atoms with Crippen LogP contribution in [0.2, 0.25) is 0 Å². The highest BCUT2D eigenvalue weighted by Gasteiger charge is 2.24. The Balaban J connectivity index is 1.36. The average Bonchev–Trinajstić information content (AvgIpc) is 3.40. The van der Waals surface area contributed by atoms with E-state index in [1.807, 2.05) is 31.3 Å². The Morgan fingerprint density at radius 3 is 1.82 bits per heavy atom. The van der Waals surface area contributed by atoms with Gasteiger partial charge in [-0.1, -0.05) is 112 Å². The van der Waals surface area contributed by atoms with Gasteiger partial charge < -0.3 is 4.42 Å². The molecular weight excluding hydrogens is 541 g/mol. The fourth-order valence-electron chi connectivity index (χ4n) is 6.19. The molecule has 0 aliphatic heterocycles. The Kier molecular flexibility index (Phi) is 6.70. The molecule has 0 spiro atoms. The highest BCUT2D eigenvalue weighted by atomic mass is 19.1. The van der Waals surface area contributed by atoms with Crippen molar-refractivity contribution in [2.24, 2.45) is 7.05 Å². The number of benzene rings is 5. The highest BCUT2D eigenvalue weighted by molar-refractivity contribution is 6.13. The third-order valence-corrected chi connectivity index (χ3v) is 8.74. The van der Waals surface area contributed by atoms with Crippen molar-refractivity contribution in [1.29, 1.82) is 0 Å². The molecule has 0 saturated carbocycles. The van der Waals surface area contributed by atoms with Crippen LogP contribution < -0.4 is 4.57 Å². The molecule has 7 aromatic rings. The third kappa shape index (κ3) is 4.79. The van der Waals surface area contributed by atoms with Gasteiger partial charge in [0.25, 0.3) is 0 Å². The first-order valence-electron chi connectivity index (χ1n) is 15.1. The molecule has 0 bridgehead atoms. The maximum atomic E-state index is 15.7. The zero-order chi connectivity index (χ0) is 30.6. The molecule has 2 nitrogen and oxygen atoms in total. The lowest BCUT2D eigenvalue weighted by Crippen LogP contribution is -2.30. The molecule has 7 rings (SSSR count). The van der Waals surface area contributed by atoms with E-state index in [2.05, 4.69) is 123 Å². The molecule has 2 aromatic heterocycles. The van der Waals surface area contributed by atoms with E-state index >= 15 is 4.39 Å². The fraction of sp³-hybridized carbons (Fsp3) is 0.146. The smallest absolute Gasteiger partial charge is 0.216 e. The summed E-state index contributed by atoms with van der Waals surface area (Å²) in [5, 5.41) is 1.88. The van der Waals surface area contributed by atoms with E-state index in [1.165, 1.54) is 5.56 Å². The Morgan fingerprint density at radius 2 is 1.16 bits per heavy atom. The molecule has 2 heterocycles. The van der Waals surface area contributed by atoms with Gasteiger partial charge in [0.05, 0.1) is 11.1 Å². The van der Waals surface area contributed by atoms with Crippen molar-refractivity contribution < 1.29 is 13.4 Å². The monoisotopic (exact) mass is 576 g/mol. The summed E-state index contributed by atoms with van der Waals surface area (Å²) >= 11 is 0. The van der Waals surface area contributed by atoms with Crippen LogP contribution >= 0.6 is 0 Å². The summed E-state index contributed by atoms with van der Waals surface area (Å²) in [5.74, 6) is -0.297. The molecule has 0 unspecified atom stereocenters. The van der Waals surface area contributed by atoms with Crippen molar-refractivity contribution in [3.63, 3.8) is 0 Å². The van der Waals surface area contributed by atoms with E-state index in [0.717, 1.165) is 61.0 Å². The Hall–Kier alpha value is -5.02. The van der Waals surface area contributed by atoms with Crippen molar-refractivity contribution in [3.8, 4) is 44.6 Å². The predicted octanol–water partition coefficient (Wildman–Crippen LogP) is 10.8.